The Bertz CT molecular complexity index is 447. The molecule has 3 N–H and O–H groups in total. The van der Waals surface area contributed by atoms with Gasteiger partial charge in [0.1, 0.15) is 11.6 Å². The van der Waals surface area contributed by atoms with Gasteiger partial charge < -0.3 is 9.47 Å². The van der Waals surface area contributed by atoms with Gasteiger partial charge in [0.25, 0.3) is 5.91 Å². The summed E-state index contributed by atoms with van der Waals surface area (Å²) in [5, 5.41) is -0.0548. The van der Waals surface area contributed by atoms with E-state index in [4.69, 9.17) is 26.9 Å². The van der Waals surface area contributed by atoms with E-state index in [2.05, 4.69) is 15.9 Å². The van der Waals surface area contributed by atoms with Crippen molar-refractivity contribution in [3.63, 3.8) is 0 Å². The van der Waals surface area contributed by atoms with Crippen LogP contribution in [0, 0.1) is 5.82 Å². The molecule has 0 aliphatic rings. The van der Waals surface area contributed by atoms with Gasteiger partial charge in [-0.15, -0.1) is 0 Å². The molecule has 1 aromatic carbocycles. The Balaban J connectivity index is 2.93. The molecule has 0 heterocycles. The summed E-state index contributed by atoms with van der Waals surface area (Å²) >= 11 is 8.74. The number of ether oxygens (including phenoxy) is 2. The molecule has 0 saturated heterocycles. The summed E-state index contributed by atoms with van der Waals surface area (Å²) in [6, 6.07) is 2.40. The number of methoxy groups -OCH3 is 1. The van der Waals surface area contributed by atoms with Crippen LogP contribution >= 0.6 is 27.5 Å². The van der Waals surface area contributed by atoms with Crippen molar-refractivity contribution >= 4 is 33.4 Å². The first-order valence-electron chi connectivity index (χ1n) is 4.80. The molecule has 0 fully saturated rings. The smallest absolute Gasteiger partial charge is 0.277 e. The Kier molecular flexibility index (Phi) is 5.80. The summed E-state index contributed by atoms with van der Waals surface area (Å²) < 4.78 is 23.8. The van der Waals surface area contributed by atoms with E-state index in [0.29, 0.717) is 4.47 Å². The Morgan fingerprint density at radius 3 is 2.89 bits per heavy atom. The molecule has 0 aromatic heterocycles. The van der Waals surface area contributed by atoms with E-state index >= 15 is 0 Å². The van der Waals surface area contributed by atoms with Crippen LogP contribution in [0.15, 0.2) is 16.6 Å². The van der Waals surface area contributed by atoms with Crippen molar-refractivity contribution in [1.29, 1.82) is 0 Å². The first kappa shape index (κ1) is 15.2. The maximum atomic E-state index is 13.3. The third-order valence-corrected chi connectivity index (χ3v) is 2.91. The number of hydrogen-bond acceptors (Lipinski definition) is 4. The maximum absolute atomic E-state index is 13.3. The van der Waals surface area contributed by atoms with E-state index in [-0.39, 0.29) is 17.4 Å². The van der Waals surface area contributed by atoms with Crippen molar-refractivity contribution in [3.8, 4) is 5.75 Å². The van der Waals surface area contributed by atoms with Gasteiger partial charge in [0, 0.05) is 13.2 Å². The minimum absolute atomic E-state index is 0.0281. The Labute approximate surface area is 116 Å². The largest absolute Gasteiger partial charge is 0.477 e. The van der Waals surface area contributed by atoms with E-state index in [9.17, 15) is 9.18 Å². The number of hydrogen-bond donors (Lipinski definition) is 2. The molecule has 1 aromatic rings. The van der Waals surface area contributed by atoms with Crippen LogP contribution in [-0.2, 0) is 9.53 Å². The first-order valence-corrected chi connectivity index (χ1v) is 5.97. The number of hydrazine groups is 1. The van der Waals surface area contributed by atoms with Gasteiger partial charge in [-0.1, -0.05) is 11.6 Å². The summed E-state index contributed by atoms with van der Waals surface area (Å²) in [6.07, 6.45) is -0.989. The maximum Gasteiger partial charge on any atom is 0.277 e. The van der Waals surface area contributed by atoms with Crippen LogP contribution in [0.5, 0.6) is 5.75 Å². The summed E-state index contributed by atoms with van der Waals surface area (Å²) in [6.45, 7) is -0.0281. The molecule has 0 bridgehead atoms. The van der Waals surface area contributed by atoms with Gasteiger partial charge in [-0.05, 0) is 22.0 Å². The van der Waals surface area contributed by atoms with E-state index in [1.54, 1.807) is 0 Å². The molecular formula is C10H11BrClFN2O3. The fourth-order valence-corrected chi connectivity index (χ4v) is 1.89. The van der Waals surface area contributed by atoms with Crippen LogP contribution in [0.25, 0.3) is 0 Å². The van der Waals surface area contributed by atoms with Gasteiger partial charge in [-0.3, -0.25) is 10.2 Å². The zero-order valence-electron chi connectivity index (χ0n) is 9.38. The summed E-state index contributed by atoms with van der Waals surface area (Å²) in [5.74, 6) is 3.90. The number of amides is 1. The van der Waals surface area contributed by atoms with Gasteiger partial charge in [0.05, 0.1) is 16.1 Å². The average Bonchev–Trinajstić information content (AvgIpc) is 2.34. The molecule has 1 rings (SSSR count). The second kappa shape index (κ2) is 6.89. The molecule has 1 atom stereocenters. The monoisotopic (exact) mass is 340 g/mol. The standard InChI is InChI=1S/C10H11BrClFN2O3/c1-17-4-9(10(16)15-14)18-8-3-7(13)6(12)2-5(8)11/h2-3,9H,4,14H2,1H3,(H,15,16). The highest BCUT2D eigenvalue weighted by Gasteiger charge is 2.21. The van der Waals surface area contributed by atoms with Gasteiger partial charge in [-0.2, -0.15) is 0 Å². The molecule has 1 unspecified atom stereocenters. The van der Waals surface area contributed by atoms with Gasteiger partial charge >= 0.3 is 0 Å². The molecule has 5 nitrogen and oxygen atoms in total. The lowest BCUT2D eigenvalue weighted by Crippen LogP contribution is -2.44. The van der Waals surface area contributed by atoms with Crippen molar-refractivity contribution in [2.45, 2.75) is 6.10 Å². The number of carbonyl (C=O) groups is 1. The number of carbonyl (C=O) groups excluding carboxylic acids is 1. The number of nitrogens with one attached hydrogen (secondary N) is 1. The van der Waals surface area contributed by atoms with Crippen molar-refractivity contribution in [2.75, 3.05) is 13.7 Å². The Hall–Kier alpha value is -0.890. The minimum atomic E-state index is -0.989. The molecule has 0 saturated carbocycles. The lowest BCUT2D eigenvalue weighted by molar-refractivity contribution is -0.130. The van der Waals surface area contributed by atoms with Gasteiger partial charge in [0.2, 0.25) is 6.10 Å². The van der Waals surface area contributed by atoms with Crippen LogP contribution in [-0.4, -0.2) is 25.7 Å². The molecule has 8 heteroatoms. The normalized spacial score (nSPS) is 12.1. The predicted molar refractivity (Wildman–Crippen MR) is 67.7 cm³/mol. The van der Waals surface area contributed by atoms with E-state index in [1.165, 1.54) is 13.2 Å². The predicted octanol–water partition coefficient (Wildman–Crippen LogP) is 1.63. The number of rotatable bonds is 5. The lowest BCUT2D eigenvalue weighted by Gasteiger charge is -2.17. The highest BCUT2D eigenvalue weighted by molar-refractivity contribution is 9.10. The molecule has 0 spiro atoms. The van der Waals surface area contributed by atoms with Gasteiger partial charge in [0.15, 0.2) is 0 Å². The van der Waals surface area contributed by atoms with Crippen molar-refractivity contribution in [1.82, 2.24) is 5.43 Å². The summed E-state index contributed by atoms with van der Waals surface area (Å²) in [7, 11) is 1.40. The lowest BCUT2D eigenvalue weighted by atomic mass is 10.3. The molecule has 0 aliphatic heterocycles. The van der Waals surface area contributed by atoms with Crippen molar-refractivity contribution < 1.29 is 18.7 Å². The second-order valence-corrected chi connectivity index (χ2v) is 4.53. The third kappa shape index (κ3) is 3.81. The van der Waals surface area contributed by atoms with Crippen LogP contribution < -0.4 is 16.0 Å². The quantitative estimate of drug-likeness (QED) is 0.369. The van der Waals surface area contributed by atoms with Crippen LogP contribution in [0.2, 0.25) is 5.02 Å². The highest BCUT2D eigenvalue weighted by Crippen LogP contribution is 2.31. The van der Waals surface area contributed by atoms with Crippen molar-refractivity contribution in [2.24, 2.45) is 5.84 Å². The van der Waals surface area contributed by atoms with E-state index in [1.807, 2.05) is 5.43 Å². The number of benzene rings is 1. The fraction of sp³-hybridized carbons (Fsp3) is 0.300. The fourth-order valence-electron chi connectivity index (χ4n) is 1.16. The third-order valence-electron chi connectivity index (χ3n) is 2.00. The zero-order valence-corrected chi connectivity index (χ0v) is 11.7. The highest BCUT2D eigenvalue weighted by atomic mass is 79.9. The van der Waals surface area contributed by atoms with Crippen LogP contribution in [0.1, 0.15) is 0 Å². The molecule has 0 aliphatic carbocycles. The average molecular weight is 342 g/mol. The SMILES string of the molecule is COCC(Oc1cc(F)c(Cl)cc1Br)C(=O)NN. The van der Waals surface area contributed by atoms with Crippen LogP contribution in [0.4, 0.5) is 4.39 Å². The van der Waals surface area contributed by atoms with Crippen LogP contribution in [0.3, 0.4) is 0 Å². The van der Waals surface area contributed by atoms with E-state index < -0.39 is 17.8 Å². The molecule has 0 radical (unpaired) electrons. The number of halogens is 3. The Morgan fingerprint density at radius 2 is 2.33 bits per heavy atom. The first-order chi connectivity index (χ1) is 8.49. The topological polar surface area (TPSA) is 73.6 Å². The molecular weight excluding hydrogens is 330 g/mol. The minimum Gasteiger partial charge on any atom is -0.477 e. The Morgan fingerprint density at radius 1 is 1.67 bits per heavy atom. The van der Waals surface area contributed by atoms with Gasteiger partial charge in [-0.25, -0.2) is 10.2 Å². The zero-order chi connectivity index (χ0) is 13.7. The number of nitrogens with two attached hydrogens (primary N) is 1. The molecule has 1 amide bonds. The van der Waals surface area contributed by atoms with E-state index in [0.717, 1.165) is 6.07 Å². The molecule has 18 heavy (non-hydrogen) atoms. The van der Waals surface area contributed by atoms with Crippen molar-refractivity contribution in [3.05, 3.63) is 27.4 Å². The summed E-state index contributed by atoms with van der Waals surface area (Å²) in [4.78, 5) is 11.4. The second-order valence-electron chi connectivity index (χ2n) is 3.27. The summed E-state index contributed by atoms with van der Waals surface area (Å²) in [5.41, 5.74) is 1.94. The molecule has 100 valence electrons.